The highest BCUT2D eigenvalue weighted by Gasteiger charge is 2.15. The maximum absolute atomic E-state index is 12.6. The molecule has 0 saturated carbocycles. The smallest absolute Gasteiger partial charge is 0.305 e. The topological polar surface area (TPSA) is 95.5 Å². The fourth-order valence-electron chi connectivity index (χ4n) is 2.85. The van der Waals surface area contributed by atoms with Crippen molar-refractivity contribution in [1.29, 1.82) is 0 Å². The lowest BCUT2D eigenvalue weighted by atomic mass is 10.0. The summed E-state index contributed by atoms with van der Waals surface area (Å²) in [5.74, 6) is -1.99. The van der Waals surface area contributed by atoms with Crippen molar-refractivity contribution in [2.45, 2.75) is 6.42 Å². The van der Waals surface area contributed by atoms with Crippen molar-refractivity contribution >= 4 is 34.6 Å². The molecule has 0 bridgehead atoms. The van der Waals surface area contributed by atoms with Crippen LogP contribution in [-0.2, 0) is 9.59 Å². The van der Waals surface area contributed by atoms with Crippen molar-refractivity contribution < 1.29 is 19.5 Å². The highest BCUT2D eigenvalue weighted by Crippen LogP contribution is 2.20. The number of amides is 2. The fourth-order valence-corrected chi connectivity index (χ4v) is 2.85. The molecule has 0 aliphatic rings. The quantitative estimate of drug-likeness (QED) is 0.542. The summed E-state index contributed by atoms with van der Waals surface area (Å²) in [6.45, 7) is -0.0394. The van der Waals surface area contributed by atoms with Crippen LogP contribution in [0.5, 0.6) is 0 Å². The first kappa shape index (κ1) is 19.8. The van der Waals surface area contributed by atoms with Gasteiger partial charge in [0.1, 0.15) is 5.70 Å². The zero-order valence-electron chi connectivity index (χ0n) is 15.6. The number of nitrogens with one attached hydrogen (secondary N) is 2. The van der Waals surface area contributed by atoms with Crippen molar-refractivity contribution in [2.75, 3.05) is 6.54 Å². The molecule has 0 heterocycles. The van der Waals surface area contributed by atoms with Crippen LogP contribution in [0.2, 0.25) is 0 Å². The third-order valence-corrected chi connectivity index (χ3v) is 4.28. The van der Waals surface area contributed by atoms with E-state index < -0.39 is 17.8 Å². The fraction of sp³-hybridized carbons (Fsp3) is 0.0870. The number of carbonyl (C=O) groups excluding carboxylic acids is 2. The highest BCUT2D eigenvalue weighted by molar-refractivity contribution is 6.06. The predicted octanol–water partition coefficient (Wildman–Crippen LogP) is 3.20. The average Bonchev–Trinajstić information content (AvgIpc) is 2.73. The Morgan fingerprint density at radius 2 is 1.55 bits per heavy atom. The molecule has 29 heavy (non-hydrogen) atoms. The minimum atomic E-state index is -1.02. The maximum atomic E-state index is 12.6. The van der Waals surface area contributed by atoms with Crippen molar-refractivity contribution in [3.63, 3.8) is 0 Å². The summed E-state index contributed by atoms with van der Waals surface area (Å²) in [7, 11) is 0. The monoisotopic (exact) mass is 388 g/mol. The van der Waals surface area contributed by atoms with E-state index >= 15 is 0 Å². The standard InChI is InChI=1S/C23H20N2O4/c26-21(27)13-14-24-23(29)20(25-22(28)17-8-2-1-3-9-17)15-18-11-6-10-16-7-4-5-12-19(16)18/h1-12,15H,13-14H2,(H,24,29)(H,25,28)(H,26,27). The van der Waals surface area contributed by atoms with Gasteiger partial charge in [0.25, 0.3) is 11.8 Å². The largest absolute Gasteiger partial charge is 0.481 e. The van der Waals surface area contributed by atoms with Gasteiger partial charge in [-0.15, -0.1) is 0 Å². The molecule has 0 unspecified atom stereocenters. The van der Waals surface area contributed by atoms with Gasteiger partial charge in [-0.3, -0.25) is 14.4 Å². The van der Waals surface area contributed by atoms with Crippen LogP contribution < -0.4 is 10.6 Å². The van der Waals surface area contributed by atoms with E-state index in [0.29, 0.717) is 5.56 Å². The SMILES string of the molecule is O=C(O)CCNC(=O)C(=Cc1cccc2ccccc12)NC(=O)c1ccccc1. The second kappa shape index (κ2) is 9.32. The summed E-state index contributed by atoms with van der Waals surface area (Å²) in [4.78, 5) is 35.9. The minimum absolute atomic E-state index is 0.0394. The molecule has 6 nitrogen and oxygen atoms in total. The number of hydrogen-bond acceptors (Lipinski definition) is 3. The van der Waals surface area contributed by atoms with Crippen LogP contribution in [0, 0.1) is 0 Å². The second-order valence-electron chi connectivity index (χ2n) is 6.35. The van der Waals surface area contributed by atoms with E-state index in [1.54, 1.807) is 36.4 Å². The molecule has 0 saturated heterocycles. The molecule has 2 amide bonds. The average molecular weight is 388 g/mol. The van der Waals surface area contributed by atoms with Gasteiger partial charge >= 0.3 is 5.97 Å². The normalized spacial score (nSPS) is 11.1. The highest BCUT2D eigenvalue weighted by atomic mass is 16.4. The van der Waals surface area contributed by atoms with Gasteiger partial charge in [-0.05, 0) is 34.5 Å². The Bertz CT molecular complexity index is 1070. The summed E-state index contributed by atoms with van der Waals surface area (Å²) in [5.41, 5.74) is 1.22. The lowest BCUT2D eigenvalue weighted by molar-refractivity contribution is -0.136. The van der Waals surface area contributed by atoms with E-state index in [1.807, 2.05) is 42.5 Å². The third-order valence-electron chi connectivity index (χ3n) is 4.28. The molecule has 146 valence electrons. The van der Waals surface area contributed by atoms with Gasteiger partial charge in [0.15, 0.2) is 0 Å². The molecule has 0 aromatic heterocycles. The lowest BCUT2D eigenvalue weighted by Gasteiger charge is -2.11. The van der Waals surface area contributed by atoms with E-state index in [-0.39, 0.29) is 18.7 Å². The molecule has 0 aliphatic heterocycles. The van der Waals surface area contributed by atoms with E-state index in [9.17, 15) is 14.4 Å². The number of fused-ring (bicyclic) bond motifs is 1. The first-order chi connectivity index (χ1) is 14.0. The van der Waals surface area contributed by atoms with E-state index in [2.05, 4.69) is 10.6 Å². The predicted molar refractivity (Wildman–Crippen MR) is 111 cm³/mol. The maximum Gasteiger partial charge on any atom is 0.305 e. The van der Waals surface area contributed by atoms with Gasteiger partial charge in [0.05, 0.1) is 6.42 Å². The Labute approximate surface area is 167 Å². The van der Waals surface area contributed by atoms with Crippen molar-refractivity contribution in [2.24, 2.45) is 0 Å². The number of hydrogen-bond donors (Lipinski definition) is 3. The van der Waals surface area contributed by atoms with Gasteiger partial charge in [-0.2, -0.15) is 0 Å². The first-order valence-electron chi connectivity index (χ1n) is 9.10. The molecule has 0 fully saturated rings. The molecule has 0 spiro atoms. The van der Waals surface area contributed by atoms with Crippen molar-refractivity contribution in [1.82, 2.24) is 10.6 Å². The Kier molecular flexibility index (Phi) is 6.37. The lowest BCUT2D eigenvalue weighted by Crippen LogP contribution is -2.35. The minimum Gasteiger partial charge on any atom is -0.481 e. The van der Waals surface area contributed by atoms with E-state index in [0.717, 1.165) is 16.3 Å². The van der Waals surface area contributed by atoms with Crippen LogP contribution in [0.3, 0.4) is 0 Å². The first-order valence-corrected chi connectivity index (χ1v) is 9.10. The third kappa shape index (κ3) is 5.29. The van der Waals surface area contributed by atoms with Crippen molar-refractivity contribution in [3.05, 3.63) is 89.6 Å². The van der Waals surface area contributed by atoms with Gasteiger partial charge in [-0.1, -0.05) is 60.7 Å². The number of rotatable bonds is 7. The Hall–Kier alpha value is -3.93. The Balaban J connectivity index is 1.93. The van der Waals surface area contributed by atoms with Gasteiger partial charge in [-0.25, -0.2) is 0 Å². The zero-order chi connectivity index (χ0) is 20.6. The zero-order valence-corrected chi connectivity index (χ0v) is 15.6. The molecule has 0 radical (unpaired) electrons. The van der Waals surface area contributed by atoms with Crippen LogP contribution in [0.25, 0.3) is 16.8 Å². The second-order valence-corrected chi connectivity index (χ2v) is 6.35. The van der Waals surface area contributed by atoms with Gasteiger partial charge < -0.3 is 15.7 Å². The van der Waals surface area contributed by atoms with Crippen LogP contribution >= 0.6 is 0 Å². The van der Waals surface area contributed by atoms with Crippen LogP contribution in [-0.4, -0.2) is 29.4 Å². The molecule has 3 aromatic rings. The Morgan fingerprint density at radius 1 is 0.862 bits per heavy atom. The summed E-state index contributed by atoms with van der Waals surface area (Å²) in [6.07, 6.45) is 1.39. The number of aliphatic carboxylic acids is 1. The molecule has 0 aliphatic carbocycles. The number of carbonyl (C=O) groups is 3. The molecular formula is C23H20N2O4. The number of carboxylic acid groups (broad SMARTS) is 1. The Morgan fingerprint density at radius 3 is 2.31 bits per heavy atom. The summed E-state index contributed by atoms with van der Waals surface area (Å²) in [5, 5.41) is 15.9. The molecule has 3 N–H and O–H groups in total. The summed E-state index contributed by atoms with van der Waals surface area (Å²) < 4.78 is 0. The van der Waals surface area contributed by atoms with Gasteiger partial charge in [0, 0.05) is 12.1 Å². The molecule has 3 aromatic carbocycles. The summed E-state index contributed by atoms with van der Waals surface area (Å²) in [6, 6.07) is 21.9. The van der Waals surface area contributed by atoms with Gasteiger partial charge in [0.2, 0.25) is 0 Å². The van der Waals surface area contributed by atoms with Crippen LogP contribution in [0.4, 0.5) is 0 Å². The number of carboxylic acids is 1. The van der Waals surface area contributed by atoms with Crippen LogP contribution in [0.15, 0.2) is 78.5 Å². The molecule has 0 atom stereocenters. The molecular weight excluding hydrogens is 368 g/mol. The number of benzene rings is 3. The van der Waals surface area contributed by atoms with Crippen LogP contribution in [0.1, 0.15) is 22.3 Å². The van der Waals surface area contributed by atoms with Crippen molar-refractivity contribution in [3.8, 4) is 0 Å². The van der Waals surface area contributed by atoms with E-state index in [4.69, 9.17) is 5.11 Å². The molecule has 6 heteroatoms. The molecule has 3 rings (SSSR count). The summed E-state index contributed by atoms with van der Waals surface area (Å²) >= 11 is 0. The van der Waals surface area contributed by atoms with E-state index in [1.165, 1.54) is 0 Å².